The molecule has 0 bridgehead atoms. The first-order valence-corrected chi connectivity index (χ1v) is 6.95. The molecule has 1 aromatic heterocycles. The number of rotatable bonds is 3. The number of hydrogen-bond acceptors (Lipinski definition) is 5. The van der Waals surface area contributed by atoms with Crippen LogP contribution in [0.4, 0.5) is 0 Å². The topological polar surface area (TPSA) is 125 Å². The Morgan fingerprint density at radius 1 is 1.67 bits per heavy atom. The molecular weight excluding hydrogens is 258 g/mol. The lowest BCUT2D eigenvalue weighted by atomic mass is 9.99. The van der Waals surface area contributed by atoms with Crippen molar-refractivity contribution in [3.63, 3.8) is 0 Å². The molecule has 0 spiro atoms. The van der Waals surface area contributed by atoms with Crippen LogP contribution in [-0.4, -0.2) is 46.8 Å². The molecular formula is C9H15N5O3S. The first kappa shape index (κ1) is 12.8. The minimum absolute atomic E-state index is 0.0580. The van der Waals surface area contributed by atoms with Crippen molar-refractivity contribution < 1.29 is 13.6 Å². The zero-order valence-electron chi connectivity index (χ0n) is 9.65. The second kappa shape index (κ2) is 4.94. The van der Waals surface area contributed by atoms with Gasteiger partial charge < -0.3 is 15.9 Å². The van der Waals surface area contributed by atoms with E-state index < -0.39 is 10.0 Å². The summed E-state index contributed by atoms with van der Waals surface area (Å²) < 4.78 is 25.8. The average molecular weight is 273 g/mol. The molecule has 0 amide bonds. The number of nitrogens with one attached hydrogen (secondary N) is 1. The third kappa shape index (κ3) is 2.31. The number of hydrogen-bond donors (Lipinski definition) is 3. The molecule has 1 aromatic rings. The Morgan fingerprint density at radius 2 is 2.44 bits per heavy atom. The van der Waals surface area contributed by atoms with Crippen molar-refractivity contribution in [2.24, 2.45) is 16.8 Å². The van der Waals surface area contributed by atoms with Gasteiger partial charge in [0.15, 0.2) is 5.03 Å². The van der Waals surface area contributed by atoms with Crippen LogP contribution in [0.5, 0.6) is 0 Å². The Labute approximate surface area is 105 Å². The summed E-state index contributed by atoms with van der Waals surface area (Å²) in [5.41, 5.74) is 5.53. The Kier molecular flexibility index (Phi) is 3.53. The van der Waals surface area contributed by atoms with Gasteiger partial charge in [-0.15, -0.1) is 0 Å². The van der Waals surface area contributed by atoms with Gasteiger partial charge in [0, 0.05) is 19.0 Å². The maximum Gasteiger partial charge on any atom is 0.260 e. The SMILES string of the molecule is NC(=NO)C1CCCN(S(=O)(=O)c2cnc[nH]2)C1. The molecule has 1 aliphatic rings. The zero-order valence-corrected chi connectivity index (χ0v) is 10.5. The summed E-state index contributed by atoms with van der Waals surface area (Å²) >= 11 is 0. The van der Waals surface area contributed by atoms with E-state index in [1.54, 1.807) is 0 Å². The van der Waals surface area contributed by atoms with Gasteiger partial charge in [-0.25, -0.2) is 13.4 Å². The quantitative estimate of drug-likeness (QED) is 0.298. The van der Waals surface area contributed by atoms with Crippen molar-refractivity contribution in [2.45, 2.75) is 17.9 Å². The molecule has 0 saturated carbocycles. The van der Waals surface area contributed by atoms with Crippen molar-refractivity contribution in [1.29, 1.82) is 0 Å². The molecule has 1 aliphatic heterocycles. The van der Waals surface area contributed by atoms with E-state index in [0.29, 0.717) is 19.4 Å². The summed E-state index contributed by atoms with van der Waals surface area (Å²) in [4.78, 5) is 6.28. The maximum absolute atomic E-state index is 12.2. The number of aromatic amines is 1. The van der Waals surface area contributed by atoms with Crippen LogP contribution in [0.3, 0.4) is 0 Å². The highest BCUT2D eigenvalue weighted by molar-refractivity contribution is 7.89. The Hall–Kier alpha value is -1.61. The number of oxime groups is 1. The normalized spacial score (nSPS) is 23.1. The van der Waals surface area contributed by atoms with E-state index in [1.807, 2.05) is 0 Å². The number of nitrogens with two attached hydrogens (primary N) is 1. The van der Waals surface area contributed by atoms with Crippen LogP contribution >= 0.6 is 0 Å². The molecule has 1 saturated heterocycles. The van der Waals surface area contributed by atoms with Crippen molar-refractivity contribution >= 4 is 15.9 Å². The molecule has 2 rings (SSSR count). The molecule has 1 fully saturated rings. The van der Waals surface area contributed by atoms with Gasteiger partial charge >= 0.3 is 0 Å². The lowest BCUT2D eigenvalue weighted by molar-refractivity contribution is 0.287. The summed E-state index contributed by atoms with van der Waals surface area (Å²) in [6, 6.07) is 0. The highest BCUT2D eigenvalue weighted by atomic mass is 32.2. The van der Waals surface area contributed by atoms with E-state index in [-0.39, 0.29) is 23.3 Å². The summed E-state index contributed by atoms with van der Waals surface area (Å²) in [6.07, 6.45) is 3.97. The minimum atomic E-state index is -3.57. The second-order valence-electron chi connectivity index (χ2n) is 4.14. The number of piperidine rings is 1. The van der Waals surface area contributed by atoms with Gasteiger partial charge in [0.2, 0.25) is 0 Å². The zero-order chi connectivity index (χ0) is 13.2. The standard InChI is InChI=1S/C9H15N5O3S/c10-9(13-15)7-2-1-3-14(5-7)18(16,17)8-4-11-6-12-8/h4,6-7,15H,1-3,5H2,(H2,10,13)(H,11,12). The number of imidazole rings is 1. The van der Waals surface area contributed by atoms with E-state index in [2.05, 4.69) is 15.1 Å². The van der Waals surface area contributed by atoms with Gasteiger partial charge in [0.25, 0.3) is 10.0 Å². The Bertz CT molecular complexity index is 524. The molecule has 1 atom stereocenters. The van der Waals surface area contributed by atoms with E-state index in [1.165, 1.54) is 16.8 Å². The number of aromatic nitrogens is 2. The van der Waals surface area contributed by atoms with Crippen LogP contribution in [0, 0.1) is 5.92 Å². The smallest absolute Gasteiger partial charge is 0.260 e. The third-order valence-electron chi connectivity index (χ3n) is 3.01. The van der Waals surface area contributed by atoms with Crippen LogP contribution in [0.1, 0.15) is 12.8 Å². The molecule has 2 heterocycles. The van der Waals surface area contributed by atoms with E-state index in [4.69, 9.17) is 10.9 Å². The average Bonchev–Trinajstić information content (AvgIpc) is 2.92. The van der Waals surface area contributed by atoms with E-state index in [9.17, 15) is 8.42 Å². The van der Waals surface area contributed by atoms with Crippen LogP contribution in [0.25, 0.3) is 0 Å². The summed E-state index contributed by atoms with van der Waals surface area (Å²) in [5.74, 6) is -0.180. The fraction of sp³-hybridized carbons (Fsp3) is 0.556. The first-order valence-electron chi connectivity index (χ1n) is 5.51. The van der Waals surface area contributed by atoms with E-state index >= 15 is 0 Å². The van der Waals surface area contributed by atoms with Crippen LogP contribution in [-0.2, 0) is 10.0 Å². The first-order chi connectivity index (χ1) is 8.55. The summed E-state index contributed by atoms with van der Waals surface area (Å²) in [6.45, 7) is 0.647. The number of sulfonamides is 1. The molecule has 100 valence electrons. The minimum Gasteiger partial charge on any atom is -0.409 e. The third-order valence-corrected chi connectivity index (χ3v) is 4.80. The van der Waals surface area contributed by atoms with Gasteiger partial charge in [0.1, 0.15) is 5.84 Å². The van der Waals surface area contributed by atoms with Gasteiger partial charge in [-0.3, -0.25) is 0 Å². The fourth-order valence-electron chi connectivity index (χ4n) is 2.01. The highest BCUT2D eigenvalue weighted by Crippen LogP contribution is 2.22. The fourth-order valence-corrected chi connectivity index (χ4v) is 3.43. The predicted molar refractivity (Wildman–Crippen MR) is 63.5 cm³/mol. The molecule has 9 heteroatoms. The molecule has 1 unspecified atom stereocenters. The number of H-pyrrole nitrogens is 1. The van der Waals surface area contributed by atoms with Crippen LogP contribution < -0.4 is 5.73 Å². The Balaban J connectivity index is 2.19. The monoisotopic (exact) mass is 273 g/mol. The molecule has 0 radical (unpaired) electrons. The van der Waals surface area contributed by atoms with E-state index in [0.717, 1.165) is 0 Å². The van der Waals surface area contributed by atoms with Gasteiger partial charge in [0.05, 0.1) is 12.5 Å². The van der Waals surface area contributed by atoms with Gasteiger partial charge in [-0.05, 0) is 12.8 Å². The molecule has 0 aliphatic carbocycles. The Morgan fingerprint density at radius 3 is 3.06 bits per heavy atom. The molecule has 18 heavy (non-hydrogen) atoms. The van der Waals surface area contributed by atoms with Crippen molar-refractivity contribution in [2.75, 3.05) is 13.1 Å². The van der Waals surface area contributed by atoms with Crippen molar-refractivity contribution in [3.05, 3.63) is 12.5 Å². The lowest BCUT2D eigenvalue weighted by Gasteiger charge is -2.30. The van der Waals surface area contributed by atoms with Gasteiger partial charge in [-0.2, -0.15) is 4.31 Å². The molecule has 0 aromatic carbocycles. The highest BCUT2D eigenvalue weighted by Gasteiger charge is 2.32. The lowest BCUT2D eigenvalue weighted by Crippen LogP contribution is -2.44. The van der Waals surface area contributed by atoms with Crippen molar-refractivity contribution in [3.8, 4) is 0 Å². The largest absolute Gasteiger partial charge is 0.409 e. The number of amidine groups is 1. The van der Waals surface area contributed by atoms with Crippen molar-refractivity contribution in [1.82, 2.24) is 14.3 Å². The number of nitrogens with zero attached hydrogens (tertiary/aromatic N) is 3. The van der Waals surface area contributed by atoms with Crippen LogP contribution in [0.15, 0.2) is 22.7 Å². The maximum atomic E-state index is 12.2. The predicted octanol–water partition coefficient (Wildman–Crippen LogP) is -0.443. The second-order valence-corrected chi connectivity index (χ2v) is 6.05. The molecule has 8 nitrogen and oxygen atoms in total. The summed E-state index contributed by atoms with van der Waals surface area (Å²) in [7, 11) is -3.57. The summed E-state index contributed by atoms with van der Waals surface area (Å²) in [5, 5.41) is 11.6. The van der Waals surface area contributed by atoms with Crippen LogP contribution in [0.2, 0.25) is 0 Å². The van der Waals surface area contributed by atoms with Gasteiger partial charge in [-0.1, -0.05) is 5.16 Å². The molecule has 4 N–H and O–H groups in total.